The fraction of sp³-hybridized carbons (Fsp3) is 0.952. The Bertz CT molecular complexity index is 380. The Morgan fingerprint density at radius 2 is 1.60 bits per heavy atom. The second-order valence-electron chi connectivity index (χ2n) is 9.13. The molecule has 0 spiro atoms. The molecule has 0 aliphatic heterocycles. The van der Waals surface area contributed by atoms with Crippen molar-refractivity contribution in [2.24, 2.45) is 11.8 Å². The Kier molecular flexibility index (Phi) is 8.54. The van der Waals surface area contributed by atoms with Crippen LogP contribution in [0.4, 0.5) is 4.79 Å². The second kappa shape index (κ2) is 10.4. The van der Waals surface area contributed by atoms with Crippen molar-refractivity contribution in [3.63, 3.8) is 0 Å². The van der Waals surface area contributed by atoms with Crippen molar-refractivity contribution in [2.45, 2.75) is 103 Å². The summed E-state index contributed by atoms with van der Waals surface area (Å²) in [5.41, 5.74) is -0.432. The topological polar surface area (TPSA) is 50.4 Å². The number of hydrogen-bond donors (Lipinski definition) is 2. The maximum atomic E-state index is 12.0. The summed E-state index contributed by atoms with van der Waals surface area (Å²) in [5, 5.41) is 6.79. The third-order valence-electron chi connectivity index (χ3n) is 5.77. The van der Waals surface area contributed by atoms with E-state index in [0.717, 1.165) is 12.5 Å². The van der Waals surface area contributed by atoms with Gasteiger partial charge in [-0.05, 0) is 58.4 Å². The molecule has 0 aromatic carbocycles. The largest absolute Gasteiger partial charge is 0.444 e. The highest BCUT2D eigenvalue weighted by Gasteiger charge is 2.25. The number of hydrogen-bond acceptors (Lipinski definition) is 3. The average Bonchev–Trinajstić information content (AvgIpc) is 2.58. The van der Waals surface area contributed by atoms with Crippen molar-refractivity contribution in [1.82, 2.24) is 10.6 Å². The molecule has 1 atom stereocenters. The van der Waals surface area contributed by atoms with Crippen LogP contribution in [0.3, 0.4) is 0 Å². The van der Waals surface area contributed by atoms with Crippen molar-refractivity contribution in [1.29, 1.82) is 0 Å². The predicted octanol–water partition coefficient (Wildman–Crippen LogP) is 5.02. The number of nitrogens with one attached hydrogen (secondary N) is 2. The second-order valence-corrected chi connectivity index (χ2v) is 9.13. The summed E-state index contributed by atoms with van der Waals surface area (Å²) in [4.78, 5) is 12.0. The van der Waals surface area contributed by atoms with Crippen LogP contribution in [0.1, 0.15) is 91.4 Å². The molecule has 0 radical (unpaired) electrons. The van der Waals surface area contributed by atoms with Gasteiger partial charge in [-0.2, -0.15) is 0 Å². The normalized spacial score (nSPS) is 21.7. The van der Waals surface area contributed by atoms with E-state index in [-0.39, 0.29) is 6.09 Å². The summed E-state index contributed by atoms with van der Waals surface area (Å²) in [7, 11) is 0. The Balaban J connectivity index is 1.76. The first-order chi connectivity index (χ1) is 11.9. The van der Waals surface area contributed by atoms with E-state index in [4.69, 9.17) is 4.74 Å². The van der Waals surface area contributed by atoms with Gasteiger partial charge in [-0.25, -0.2) is 4.79 Å². The first-order valence-electron chi connectivity index (χ1n) is 10.6. The van der Waals surface area contributed by atoms with E-state index >= 15 is 0 Å². The third-order valence-corrected chi connectivity index (χ3v) is 5.77. The zero-order valence-electron chi connectivity index (χ0n) is 16.7. The van der Waals surface area contributed by atoms with E-state index in [1.54, 1.807) is 0 Å². The number of ether oxygens (including phenoxy) is 1. The lowest BCUT2D eigenvalue weighted by Crippen LogP contribution is -2.47. The smallest absolute Gasteiger partial charge is 0.407 e. The minimum absolute atomic E-state index is 0.289. The lowest BCUT2D eigenvalue weighted by Gasteiger charge is -2.32. The van der Waals surface area contributed by atoms with Crippen LogP contribution in [0.25, 0.3) is 0 Å². The zero-order chi connectivity index (χ0) is 18.1. The minimum Gasteiger partial charge on any atom is -0.444 e. The summed E-state index contributed by atoms with van der Waals surface area (Å²) in [6.07, 6.45) is 14.7. The van der Waals surface area contributed by atoms with Crippen LogP contribution in [0.15, 0.2) is 0 Å². The number of alkyl carbamates (subject to hydrolysis) is 1. The predicted molar refractivity (Wildman–Crippen MR) is 104 cm³/mol. The highest BCUT2D eigenvalue weighted by molar-refractivity contribution is 5.67. The third kappa shape index (κ3) is 8.44. The van der Waals surface area contributed by atoms with Gasteiger partial charge >= 0.3 is 6.09 Å². The molecule has 2 rings (SSSR count). The first-order valence-corrected chi connectivity index (χ1v) is 10.6. The van der Waals surface area contributed by atoms with Crippen molar-refractivity contribution < 1.29 is 9.53 Å². The van der Waals surface area contributed by atoms with Crippen molar-refractivity contribution in [3.05, 3.63) is 0 Å². The lowest BCUT2D eigenvalue weighted by atomic mass is 9.83. The molecular formula is C21H40N2O2. The Morgan fingerprint density at radius 3 is 2.20 bits per heavy atom. The van der Waals surface area contributed by atoms with Crippen LogP contribution in [0.2, 0.25) is 0 Å². The lowest BCUT2D eigenvalue weighted by molar-refractivity contribution is 0.0515. The molecule has 2 aliphatic carbocycles. The van der Waals surface area contributed by atoms with Crippen LogP contribution >= 0.6 is 0 Å². The van der Waals surface area contributed by atoms with Crippen molar-refractivity contribution in [3.8, 4) is 0 Å². The monoisotopic (exact) mass is 352 g/mol. The molecule has 2 fully saturated rings. The quantitative estimate of drug-likeness (QED) is 0.676. The Hall–Kier alpha value is -0.770. The number of rotatable bonds is 7. The van der Waals surface area contributed by atoms with Gasteiger partial charge in [0.15, 0.2) is 0 Å². The molecule has 0 saturated heterocycles. The van der Waals surface area contributed by atoms with Crippen LogP contribution in [0.5, 0.6) is 0 Å². The SMILES string of the molecule is CC(C)(C)OC(=O)NCC(NCCC1CCCCC1)C1CCCCC1. The number of carbonyl (C=O) groups is 1. The number of amides is 1. The summed E-state index contributed by atoms with van der Waals surface area (Å²) >= 11 is 0. The van der Waals surface area contributed by atoms with Gasteiger partial charge in [-0.3, -0.25) is 0 Å². The van der Waals surface area contributed by atoms with Gasteiger partial charge in [-0.15, -0.1) is 0 Å². The number of carbonyl (C=O) groups excluding carboxylic acids is 1. The van der Waals surface area contributed by atoms with Gasteiger partial charge in [0.2, 0.25) is 0 Å². The molecule has 146 valence electrons. The molecule has 1 amide bonds. The summed E-state index contributed by atoms with van der Waals surface area (Å²) in [5.74, 6) is 1.60. The van der Waals surface area contributed by atoms with Gasteiger partial charge in [0.25, 0.3) is 0 Å². The Labute approximate surface area is 154 Å². The van der Waals surface area contributed by atoms with Crippen molar-refractivity contribution >= 4 is 6.09 Å². The molecule has 0 aromatic heterocycles. The molecule has 4 heteroatoms. The van der Waals surface area contributed by atoms with Crippen LogP contribution in [-0.4, -0.2) is 30.8 Å². The van der Waals surface area contributed by atoms with Gasteiger partial charge in [0, 0.05) is 12.6 Å². The highest BCUT2D eigenvalue weighted by Crippen LogP contribution is 2.28. The summed E-state index contributed by atoms with van der Waals surface area (Å²) in [6, 6.07) is 0.386. The van der Waals surface area contributed by atoms with E-state index < -0.39 is 5.60 Å². The molecule has 0 aromatic rings. The van der Waals surface area contributed by atoms with Gasteiger partial charge in [0.05, 0.1) is 0 Å². The average molecular weight is 353 g/mol. The first kappa shape index (κ1) is 20.5. The van der Waals surface area contributed by atoms with E-state index in [0.29, 0.717) is 18.5 Å². The summed E-state index contributed by atoms with van der Waals surface area (Å²) < 4.78 is 5.40. The molecule has 1 unspecified atom stereocenters. The van der Waals surface area contributed by atoms with E-state index in [1.807, 2.05) is 20.8 Å². The molecule has 0 heterocycles. The highest BCUT2D eigenvalue weighted by atomic mass is 16.6. The molecule has 2 saturated carbocycles. The van der Waals surface area contributed by atoms with E-state index in [1.165, 1.54) is 70.6 Å². The van der Waals surface area contributed by atoms with E-state index in [9.17, 15) is 4.79 Å². The van der Waals surface area contributed by atoms with Gasteiger partial charge in [-0.1, -0.05) is 51.4 Å². The van der Waals surface area contributed by atoms with Gasteiger partial charge < -0.3 is 15.4 Å². The van der Waals surface area contributed by atoms with Crippen molar-refractivity contribution in [2.75, 3.05) is 13.1 Å². The fourth-order valence-corrected chi connectivity index (χ4v) is 4.40. The van der Waals surface area contributed by atoms with E-state index in [2.05, 4.69) is 10.6 Å². The fourth-order valence-electron chi connectivity index (χ4n) is 4.40. The Morgan fingerprint density at radius 1 is 1.00 bits per heavy atom. The summed E-state index contributed by atoms with van der Waals surface area (Å²) in [6.45, 7) is 7.50. The standard InChI is InChI=1S/C21H40N2O2/c1-21(2,3)25-20(24)23-16-19(18-12-8-5-9-13-18)22-15-14-17-10-6-4-7-11-17/h17-19,22H,4-16H2,1-3H3,(H,23,24). The minimum atomic E-state index is -0.432. The van der Waals surface area contributed by atoms with Crippen LogP contribution in [-0.2, 0) is 4.74 Å². The molecule has 2 N–H and O–H groups in total. The molecule has 0 bridgehead atoms. The zero-order valence-corrected chi connectivity index (χ0v) is 16.7. The maximum Gasteiger partial charge on any atom is 0.407 e. The molecular weight excluding hydrogens is 312 g/mol. The van der Waals surface area contributed by atoms with Gasteiger partial charge in [0.1, 0.15) is 5.60 Å². The molecule has 25 heavy (non-hydrogen) atoms. The molecule has 2 aliphatic rings. The van der Waals surface area contributed by atoms with Crippen LogP contribution in [0, 0.1) is 11.8 Å². The molecule has 4 nitrogen and oxygen atoms in total. The van der Waals surface area contributed by atoms with Crippen LogP contribution < -0.4 is 10.6 Å². The maximum absolute atomic E-state index is 12.0.